The molecule has 1 atom stereocenters. The molecule has 0 spiro atoms. The van der Waals surface area contributed by atoms with Crippen LogP contribution in [0.1, 0.15) is 31.5 Å². The molecule has 1 amide bonds. The molecule has 4 nitrogen and oxygen atoms in total. The van der Waals surface area contributed by atoms with Crippen LogP contribution in [0.4, 0.5) is 5.69 Å². The van der Waals surface area contributed by atoms with Gasteiger partial charge < -0.3 is 15.6 Å². The van der Waals surface area contributed by atoms with E-state index in [4.69, 9.17) is 5.73 Å². The van der Waals surface area contributed by atoms with Crippen molar-refractivity contribution < 1.29 is 4.79 Å². The van der Waals surface area contributed by atoms with Crippen molar-refractivity contribution in [1.29, 1.82) is 0 Å². The number of aromatic nitrogens is 1. The Morgan fingerprint density at radius 1 is 1.44 bits per heavy atom. The lowest BCUT2D eigenvalue weighted by Crippen LogP contribution is -2.41. The molecule has 1 unspecified atom stereocenters. The molecule has 0 radical (unpaired) electrons. The summed E-state index contributed by atoms with van der Waals surface area (Å²) in [5.41, 5.74) is 14.1. The fourth-order valence-electron chi connectivity index (χ4n) is 3.90. The average molecular weight is 380 g/mol. The number of hydrogen-bond donors (Lipinski definition) is 2. The monoisotopic (exact) mass is 379 g/mol. The highest BCUT2D eigenvalue weighted by Gasteiger charge is 2.27. The van der Waals surface area contributed by atoms with Gasteiger partial charge in [0.1, 0.15) is 0 Å². The van der Waals surface area contributed by atoms with Crippen LogP contribution in [0.5, 0.6) is 0 Å². The van der Waals surface area contributed by atoms with E-state index in [0.29, 0.717) is 0 Å². The number of carbonyl (C=O) groups is 1. The van der Waals surface area contributed by atoms with E-state index in [1.54, 1.807) is 11.8 Å². The Bertz CT molecular complexity index is 993. The summed E-state index contributed by atoms with van der Waals surface area (Å²) < 4.78 is 2.41. The van der Waals surface area contributed by atoms with Gasteiger partial charge in [-0.1, -0.05) is 25.6 Å². The van der Waals surface area contributed by atoms with E-state index in [1.807, 2.05) is 32.1 Å². The first-order valence-electron chi connectivity index (χ1n) is 9.50. The molecule has 2 aliphatic rings. The molecule has 27 heavy (non-hydrogen) atoms. The number of rotatable bonds is 4. The van der Waals surface area contributed by atoms with Gasteiger partial charge in [-0.15, -0.1) is 5.73 Å². The molecule has 1 aliphatic carbocycles. The molecule has 2 aromatic rings. The van der Waals surface area contributed by atoms with Crippen LogP contribution in [0.15, 0.2) is 46.4 Å². The molecule has 140 valence electrons. The first-order valence-corrected chi connectivity index (χ1v) is 10.4. The van der Waals surface area contributed by atoms with Crippen LogP contribution in [0.3, 0.4) is 0 Å². The SMILES string of the molecule is CC(C)C(=O)NC1CCc2c(c3cc(N)ccc3n2CC2=C=CC=CS2)C1. The summed E-state index contributed by atoms with van der Waals surface area (Å²) in [6, 6.07) is 6.37. The molecule has 0 saturated carbocycles. The summed E-state index contributed by atoms with van der Waals surface area (Å²) in [7, 11) is 0. The van der Waals surface area contributed by atoms with Crippen molar-refractivity contribution in [2.45, 2.75) is 45.7 Å². The van der Waals surface area contributed by atoms with E-state index in [0.717, 1.165) is 31.5 Å². The second-order valence-corrected chi connectivity index (χ2v) is 8.57. The van der Waals surface area contributed by atoms with Crippen molar-refractivity contribution in [3.8, 4) is 0 Å². The standard InChI is InChI=1S/C22H25N3OS/c1-14(2)22(26)24-16-7-9-21-19(12-16)18-11-15(23)6-8-20(18)25(21)13-17-5-3-4-10-27-17/h3-4,6,8,10-11,14,16H,7,9,12-13,23H2,1-2H3,(H,24,26). The highest BCUT2D eigenvalue weighted by atomic mass is 32.2. The number of hydrogen-bond acceptors (Lipinski definition) is 3. The number of nitrogens with two attached hydrogens (primary N) is 1. The van der Waals surface area contributed by atoms with E-state index >= 15 is 0 Å². The summed E-state index contributed by atoms with van der Waals surface area (Å²) >= 11 is 1.73. The molecule has 5 heteroatoms. The third-order valence-corrected chi connectivity index (χ3v) is 6.12. The smallest absolute Gasteiger partial charge is 0.222 e. The van der Waals surface area contributed by atoms with Gasteiger partial charge in [-0.2, -0.15) is 0 Å². The minimum atomic E-state index is 0.0125. The highest BCUT2D eigenvalue weighted by Crippen LogP contribution is 2.35. The van der Waals surface area contributed by atoms with Crippen LogP contribution in [0, 0.1) is 5.92 Å². The number of benzene rings is 1. The average Bonchev–Trinajstić information content (AvgIpc) is 2.95. The second-order valence-electron chi connectivity index (χ2n) is 7.57. The number of allylic oxidation sites excluding steroid dienone is 2. The van der Waals surface area contributed by atoms with E-state index < -0.39 is 0 Å². The van der Waals surface area contributed by atoms with Gasteiger partial charge in [0, 0.05) is 34.2 Å². The lowest BCUT2D eigenvalue weighted by Gasteiger charge is -2.26. The van der Waals surface area contributed by atoms with Crippen molar-refractivity contribution in [3.63, 3.8) is 0 Å². The molecule has 0 saturated heterocycles. The molecular weight excluding hydrogens is 354 g/mol. The van der Waals surface area contributed by atoms with E-state index in [1.165, 1.54) is 27.1 Å². The number of carbonyl (C=O) groups excluding carboxylic acids is 1. The fraction of sp³-hybridized carbons (Fsp3) is 0.364. The molecule has 1 aliphatic heterocycles. The molecule has 3 N–H and O–H groups in total. The van der Waals surface area contributed by atoms with Gasteiger partial charge in [0.25, 0.3) is 0 Å². The lowest BCUT2D eigenvalue weighted by atomic mass is 9.91. The Hall–Kier alpha value is -2.36. The van der Waals surface area contributed by atoms with Gasteiger partial charge >= 0.3 is 0 Å². The van der Waals surface area contributed by atoms with Gasteiger partial charge in [0.05, 0.1) is 11.4 Å². The van der Waals surface area contributed by atoms with Gasteiger partial charge in [-0.25, -0.2) is 0 Å². The molecule has 0 bridgehead atoms. The van der Waals surface area contributed by atoms with Crippen molar-refractivity contribution in [1.82, 2.24) is 9.88 Å². The third-order valence-electron chi connectivity index (χ3n) is 5.29. The zero-order valence-electron chi connectivity index (χ0n) is 15.8. The Labute approximate surface area is 164 Å². The zero-order chi connectivity index (χ0) is 19.0. The molecule has 0 fully saturated rings. The number of nitrogens with zero attached hydrogens (tertiary/aromatic N) is 1. The quantitative estimate of drug-likeness (QED) is 0.620. The maximum absolute atomic E-state index is 12.1. The van der Waals surface area contributed by atoms with Gasteiger partial charge in [0.2, 0.25) is 5.91 Å². The van der Waals surface area contributed by atoms with Crippen LogP contribution >= 0.6 is 11.8 Å². The van der Waals surface area contributed by atoms with Crippen LogP contribution in [-0.4, -0.2) is 16.5 Å². The number of nitrogen functional groups attached to an aromatic ring is 1. The first-order chi connectivity index (χ1) is 13.0. The van der Waals surface area contributed by atoms with E-state index in [2.05, 4.69) is 33.2 Å². The van der Waals surface area contributed by atoms with Crippen molar-refractivity contribution in [2.75, 3.05) is 5.73 Å². The van der Waals surface area contributed by atoms with Crippen LogP contribution < -0.4 is 11.1 Å². The second kappa shape index (κ2) is 7.34. The molecular formula is C22H25N3OS. The van der Waals surface area contributed by atoms with Crippen LogP contribution in [0.25, 0.3) is 10.9 Å². The summed E-state index contributed by atoms with van der Waals surface area (Å²) in [6.07, 6.45) is 6.78. The normalized spacial score (nSPS) is 18.6. The van der Waals surface area contributed by atoms with Crippen molar-refractivity contribution in [2.24, 2.45) is 5.92 Å². The fourth-order valence-corrected chi connectivity index (χ4v) is 4.56. The predicted octanol–water partition coefficient (Wildman–Crippen LogP) is 4.15. The Morgan fingerprint density at radius 2 is 2.30 bits per heavy atom. The van der Waals surface area contributed by atoms with Crippen molar-refractivity contribution in [3.05, 3.63) is 57.7 Å². The lowest BCUT2D eigenvalue weighted by molar-refractivity contribution is -0.124. The number of thioether (sulfide) groups is 1. The third kappa shape index (κ3) is 3.58. The zero-order valence-corrected chi connectivity index (χ0v) is 16.6. The molecule has 1 aromatic heterocycles. The summed E-state index contributed by atoms with van der Waals surface area (Å²) in [5, 5.41) is 6.53. The van der Waals surface area contributed by atoms with Gasteiger partial charge in [0.15, 0.2) is 0 Å². The topological polar surface area (TPSA) is 60.1 Å². The van der Waals surface area contributed by atoms with Crippen LogP contribution in [0.2, 0.25) is 0 Å². The minimum Gasteiger partial charge on any atom is -0.399 e. The van der Waals surface area contributed by atoms with Gasteiger partial charge in [-0.3, -0.25) is 4.79 Å². The summed E-state index contributed by atoms with van der Waals surface area (Å²) in [6.45, 7) is 4.70. The number of amides is 1. The van der Waals surface area contributed by atoms with Crippen molar-refractivity contribution >= 4 is 34.3 Å². The maximum Gasteiger partial charge on any atom is 0.222 e. The predicted molar refractivity (Wildman–Crippen MR) is 113 cm³/mol. The number of anilines is 1. The maximum atomic E-state index is 12.1. The number of fused-ring (bicyclic) bond motifs is 3. The van der Waals surface area contributed by atoms with E-state index in [-0.39, 0.29) is 17.9 Å². The highest BCUT2D eigenvalue weighted by molar-refractivity contribution is 8.05. The first kappa shape index (κ1) is 18.0. The van der Waals surface area contributed by atoms with Gasteiger partial charge in [-0.05, 0) is 60.6 Å². The summed E-state index contributed by atoms with van der Waals surface area (Å²) in [5.74, 6) is 0.144. The largest absolute Gasteiger partial charge is 0.399 e. The van der Waals surface area contributed by atoms with E-state index in [9.17, 15) is 4.79 Å². The summed E-state index contributed by atoms with van der Waals surface area (Å²) in [4.78, 5) is 13.4. The Morgan fingerprint density at radius 3 is 3.04 bits per heavy atom. The molecule has 2 heterocycles. The minimum absolute atomic E-state index is 0.0125. The Balaban J connectivity index is 1.72. The Kier molecular flexibility index (Phi) is 4.90. The van der Waals surface area contributed by atoms with Crippen LogP contribution in [-0.2, 0) is 24.2 Å². The molecule has 4 rings (SSSR count). The molecule has 1 aromatic carbocycles. The number of nitrogens with one attached hydrogen (secondary N) is 1.